The Balaban J connectivity index is 1.95. The molecule has 24 heavy (non-hydrogen) atoms. The van der Waals surface area contributed by atoms with Crippen LogP contribution >= 0.6 is 11.8 Å². The van der Waals surface area contributed by atoms with Crippen LogP contribution in [0.3, 0.4) is 0 Å². The molecule has 2 heterocycles. The van der Waals surface area contributed by atoms with Gasteiger partial charge < -0.3 is 4.90 Å². The molecule has 1 aliphatic heterocycles. The summed E-state index contributed by atoms with van der Waals surface area (Å²) in [7, 11) is 0. The maximum absolute atomic E-state index is 11.7. The summed E-state index contributed by atoms with van der Waals surface area (Å²) in [6.07, 6.45) is 3.61. The van der Waals surface area contributed by atoms with Gasteiger partial charge in [-0.05, 0) is 37.8 Å². The van der Waals surface area contributed by atoms with Gasteiger partial charge in [0.05, 0.1) is 4.92 Å². The molecule has 1 aliphatic rings. The van der Waals surface area contributed by atoms with E-state index >= 15 is 0 Å². The molecule has 0 aliphatic carbocycles. The Morgan fingerprint density at radius 1 is 1.29 bits per heavy atom. The van der Waals surface area contributed by atoms with Gasteiger partial charge in [-0.25, -0.2) is 9.97 Å². The number of anilines is 1. The molecule has 2 aromatic rings. The summed E-state index contributed by atoms with van der Waals surface area (Å²) in [5.74, 6) is 0.956. The zero-order valence-corrected chi connectivity index (χ0v) is 14.6. The standard InChI is InChI=1S/C17H20N4O2S/c1-12-5-7-14(8-6-12)24-17-15(21(22)23)16(18-11-19-17)20-9-3-4-13(2)10-20/h5-8,11,13H,3-4,9-10H2,1-2H3. The second-order valence-electron chi connectivity index (χ2n) is 6.22. The highest BCUT2D eigenvalue weighted by molar-refractivity contribution is 7.99. The molecular weight excluding hydrogens is 324 g/mol. The van der Waals surface area contributed by atoms with Gasteiger partial charge in [-0.3, -0.25) is 10.1 Å². The van der Waals surface area contributed by atoms with Crippen molar-refractivity contribution in [2.24, 2.45) is 5.92 Å². The number of nitrogens with zero attached hydrogens (tertiary/aromatic N) is 4. The Labute approximate surface area is 145 Å². The molecule has 0 bridgehead atoms. The maximum atomic E-state index is 11.7. The fourth-order valence-electron chi connectivity index (χ4n) is 2.92. The molecule has 1 fully saturated rings. The van der Waals surface area contributed by atoms with Crippen LogP contribution in [0.1, 0.15) is 25.3 Å². The summed E-state index contributed by atoms with van der Waals surface area (Å²) in [5.41, 5.74) is 1.16. The summed E-state index contributed by atoms with van der Waals surface area (Å²) in [4.78, 5) is 22.7. The van der Waals surface area contributed by atoms with Gasteiger partial charge in [-0.15, -0.1) is 0 Å². The van der Waals surface area contributed by atoms with Crippen LogP contribution in [0, 0.1) is 23.0 Å². The average molecular weight is 344 g/mol. The third-order valence-electron chi connectivity index (χ3n) is 4.14. The molecule has 6 nitrogen and oxygen atoms in total. The molecule has 1 unspecified atom stereocenters. The maximum Gasteiger partial charge on any atom is 0.343 e. The van der Waals surface area contributed by atoms with Crippen molar-refractivity contribution in [3.05, 3.63) is 46.3 Å². The first-order chi connectivity index (χ1) is 11.5. The number of hydrogen-bond donors (Lipinski definition) is 0. The smallest absolute Gasteiger partial charge is 0.343 e. The van der Waals surface area contributed by atoms with Crippen molar-refractivity contribution in [2.45, 2.75) is 36.6 Å². The normalized spacial score (nSPS) is 17.8. The van der Waals surface area contributed by atoms with Crippen LogP contribution in [0.15, 0.2) is 40.5 Å². The molecule has 126 valence electrons. The first kappa shape index (κ1) is 16.7. The summed E-state index contributed by atoms with van der Waals surface area (Å²) in [6.45, 7) is 5.78. The van der Waals surface area contributed by atoms with Crippen LogP contribution in [-0.4, -0.2) is 28.0 Å². The minimum absolute atomic E-state index is 0.0113. The highest BCUT2D eigenvalue weighted by Crippen LogP contribution is 2.38. The lowest BCUT2D eigenvalue weighted by Crippen LogP contribution is -2.35. The van der Waals surface area contributed by atoms with E-state index in [1.165, 1.54) is 18.1 Å². The molecule has 0 amide bonds. The predicted molar refractivity (Wildman–Crippen MR) is 94.6 cm³/mol. The number of benzene rings is 1. The molecular formula is C17H20N4O2S. The molecule has 1 saturated heterocycles. The Kier molecular flexibility index (Phi) is 4.99. The highest BCUT2D eigenvalue weighted by atomic mass is 32.2. The summed E-state index contributed by atoms with van der Waals surface area (Å²) < 4.78 is 0. The zero-order valence-electron chi connectivity index (χ0n) is 13.8. The molecule has 3 rings (SSSR count). The van der Waals surface area contributed by atoms with Crippen LogP contribution in [-0.2, 0) is 0 Å². The summed E-state index contributed by atoms with van der Waals surface area (Å²) in [6, 6.07) is 7.88. The van der Waals surface area contributed by atoms with Gasteiger partial charge in [0.15, 0.2) is 5.03 Å². The number of nitro groups is 1. The van der Waals surface area contributed by atoms with E-state index in [1.807, 2.05) is 36.1 Å². The molecule has 0 N–H and O–H groups in total. The monoisotopic (exact) mass is 344 g/mol. The van der Waals surface area contributed by atoms with Crippen LogP contribution in [0.25, 0.3) is 0 Å². The lowest BCUT2D eigenvalue weighted by Gasteiger charge is -2.31. The van der Waals surface area contributed by atoms with E-state index in [4.69, 9.17) is 0 Å². The van der Waals surface area contributed by atoms with Crippen LogP contribution < -0.4 is 4.90 Å². The fourth-order valence-corrected chi connectivity index (χ4v) is 3.78. The first-order valence-electron chi connectivity index (χ1n) is 8.03. The second kappa shape index (κ2) is 7.17. The third-order valence-corrected chi connectivity index (χ3v) is 5.14. The van der Waals surface area contributed by atoms with Gasteiger partial charge in [-0.1, -0.05) is 36.4 Å². The number of aromatic nitrogens is 2. The molecule has 1 aromatic carbocycles. The van der Waals surface area contributed by atoms with E-state index in [-0.39, 0.29) is 10.6 Å². The first-order valence-corrected chi connectivity index (χ1v) is 8.85. The van der Waals surface area contributed by atoms with Gasteiger partial charge in [0.1, 0.15) is 6.33 Å². The highest BCUT2D eigenvalue weighted by Gasteiger charge is 2.29. The summed E-state index contributed by atoms with van der Waals surface area (Å²) >= 11 is 1.31. The largest absolute Gasteiger partial charge is 0.350 e. The molecule has 7 heteroatoms. The third kappa shape index (κ3) is 3.67. The topological polar surface area (TPSA) is 72.2 Å². The number of rotatable bonds is 4. The van der Waals surface area contributed by atoms with Crippen molar-refractivity contribution in [3.63, 3.8) is 0 Å². The van der Waals surface area contributed by atoms with E-state index in [9.17, 15) is 10.1 Å². The van der Waals surface area contributed by atoms with Crippen LogP contribution in [0.4, 0.5) is 11.5 Å². The molecule has 1 aromatic heterocycles. The quantitative estimate of drug-likeness (QED) is 0.473. The minimum Gasteiger partial charge on any atom is -0.350 e. The van der Waals surface area contributed by atoms with Crippen LogP contribution in [0.5, 0.6) is 0 Å². The van der Waals surface area contributed by atoms with Crippen molar-refractivity contribution in [3.8, 4) is 0 Å². The Bertz CT molecular complexity index is 736. The number of hydrogen-bond acceptors (Lipinski definition) is 6. The molecule has 0 saturated carbocycles. The Hall–Kier alpha value is -2.15. The van der Waals surface area contributed by atoms with E-state index in [0.29, 0.717) is 16.8 Å². The molecule has 1 atom stereocenters. The van der Waals surface area contributed by atoms with Gasteiger partial charge in [0.2, 0.25) is 5.82 Å². The molecule has 0 radical (unpaired) electrons. The van der Waals surface area contributed by atoms with Crippen molar-refractivity contribution >= 4 is 23.3 Å². The SMILES string of the molecule is Cc1ccc(Sc2ncnc(N3CCCC(C)C3)c2[N+](=O)[O-])cc1. The predicted octanol–water partition coefficient (Wildman–Crippen LogP) is 4.08. The lowest BCUT2D eigenvalue weighted by atomic mass is 10.0. The van der Waals surface area contributed by atoms with Crippen molar-refractivity contribution in [2.75, 3.05) is 18.0 Å². The Morgan fingerprint density at radius 3 is 2.71 bits per heavy atom. The average Bonchev–Trinajstić information content (AvgIpc) is 2.56. The van der Waals surface area contributed by atoms with Crippen molar-refractivity contribution < 1.29 is 4.92 Å². The van der Waals surface area contributed by atoms with Gasteiger partial charge in [0.25, 0.3) is 0 Å². The van der Waals surface area contributed by atoms with E-state index in [0.717, 1.165) is 36.4 Å². The van der Waals surface area contributed by atoms with Crippen LogP contribution in [0.2, 0.25) is 0 Å². The fraction of sp³-hybridized carbons (Fsp3) is 0.412. The van der Waals surface area contributed by atoms with E-state index < -0.39 is 0 Å². The molecule has 0 spiro atoms. The number of piperidine rings is 1. The van der Waals surface area contributed by atoms with Crippen molar-refractivity contribution in [1.29, 1.82) is 0 Å². The van der Waals surface area contributed by atoms with Gasteiger partial charge >= 0.3 is 5.69 Å². The minimum atomic E-state index is -0.356. The number of aryl methyl sites for hydroxylation is 1. The summed E-state index contributed by atoms with van der Waals surface area (Å²) in [5, 5.41) is 12.1. The van der Waals surface area contributed by atoms with E-state index in [1.54, 1.807) is 0 Å². The zero-order chi connectivity index (χ0) is 17.1. The van der Waals surface area contributed by atoms with Gasteiger partial charge in [-0.2, -0.15) is 0 Å². The lowest BCUT2D eigenvalue weighted by molar-refractivity contribution is -0.387. The van der Waals surface area contributed by atoms with Gasteiger partial charge in [0, 0.05) is 18.0 Å². The van der Waals surface area contributed by atoms with E-state index in [2.05, 4.69) is 16.9 Å². The second-order valence-corrected chi connectivity index (χ2v) is 7.28. The Morgan fingerprint density at radius 2 is 2.04 bits per heavy atom. The van der Waals surface area contributed by atoms with Crippen molar-refractivity contribution in [1.82, 2.24) is 9.97 Å².